The number of aromatic nitrogens is 2. The normalized spacial score (nSPS) is 17.2. The molecule has 33 heavy (non-hydrogen) atoms. The molecule has 2 aliphatic rings. The monoisotopic (exact) mass is 424 g/mol. The number of hydrogen-bond acceptors (Lipinski definition) is 0. The van der Waals surface area contributed by atoms with Gasteiger partial charge in [0, 0.05) is 34.9 Å². The summed E-state index contributed by atoms with van der Waals surface area (Å²) in [6, 6.07) is 37.5. The zero-order valence-electron chi connectivity index (χ0n) is 18.6. The molecule has 0 amide bonds. The molecule has 2 heteroatoms. The van der Waals surface area contributed by atoms with Crippen LogP contribution in [0.15, 0.2) is 116 Å². The Morgan fingerprint density at radius 2 is 1.27 bits per heavy atom. The predicted molar refractivity (Wildman–Crippen MR) is 130 cm³/mol. The Labute approximate surface area is 194 Å². The van der Waals surface area contributed by atoms with Crippen LogP contribution in [0.5, 0.6) is 0 Å². The molecule has 3 aromatic carbocycles. The Kier molecular flexibility index (Phi) is 3.78. The molecule has 0 saturated carbocycles. The third kappa shape index (κ3) is 2.44. The van der Waals surface area contributed by atoms with Gasteiger partial charge in [0.05, 0.1) is 11.1 Å². The minimum atomic E-state index is -0.273. The lowest BCUT2D eigenvalue weighted by atomic mass is 9.77. The van der Waals surface area contributed by atoms with Crippen LogP contribution in [-0.2, 0) is 12.1 Å². The number of benzene rings is 3. The Bertz CT molecular complexity index is 1500. The van der Waals surface area contributed by atoms with E-state index in [2.05, 4.69) is 132 Å². The number of hydrogen-bond donors (Lipinski definition) is 0. The average Bonchev–Trinajstić information content (AvgIpc) is 3.15. The summed E-state index contributed by atoms with van der Waals surface area (Å²) in [5, 5.41) is 0. The average molecular weight is 425 g/mol. The lowest BCUT2D eigenvalue weighted by molar-refractivity contribution is -0.805. The first-order valence-corrected chi connectivity index (χ1v) is 11.6. The third-order valence-corrected chi connectivity index (χ3v) is 7.42. The summed E-state index contributed by atoms with van der Waals surface area (Å²) in [4.78, 5) is 0. The SMILES string of the molecule is Cc1cc2[n+](cc1-c1ccccc1)CC1(c3ccccc3-2)c2ccccc2-c2cccc[n+]21. The van der Waals surface area contributed by atoms with Crippen LogP contribution in [-0.4, -0.2) is 0 Å². The highest BCUT2D eigenvalue weighted by Crippen LogP contribution is 2.47. The van der Waals surface area contributed by atoms with Crippen molar-refractivity contribution >= 4 is 0 Å². The molecule has 2 aromatic heterocycles. The zero-order valence-corrected chi connectivity index (χ0v) is 18.6. The Hall–Kier alpha value is -4.04. The fraction of sp³-hybridized carbons (Fsp3) is 0.0968. The topological polar surface area (TPSA) is 7.76 Å². The third-order valence-electron chi connectivity index (χ3n) is 7.42. The molecule has 0 fully saturated rings. The molecule has 156 valence electrons. The first-order valence-electron chi connectivity index (χ1n) is 11.6. The van der Waals surface area contributed by atoms with E-state index >= 15 is 0 Å². The molecule has 5 aromatic rings. The smallest absolute Gasteiger partial charge is 0.189 e. The van der Waals surface area contributed by atoms with E-state index in [0.717, 1.165) is 6.54 Å². The van der Waals surface area contributed by atoms with E-state index in [1.165, 1.54) is 50.3 Å². The maximum atomic E-state index is 2.49. The van der Waals surface area contributed by atoms with Gasteiger partial charge >= 0.3 is 0 Å². The van der Waals surface area contributed by atoms with Gasteiger partial charge < -0.3 is 0 Å². The number of rotatable bonds is 1. The highest BCUT2D eigenvalue weighted by molar-refractivity contribution is 5.74. The second-order valence-electron chi connectivity index (χ2n) is 9.16. The van der Waals surface area contributed by atoms with Crippen molar-refractivity contribution < 1.29 is 9.13 Å². The number of nitrogens with zero attached hydrogens (tertiary/aromatic N) is 2. The van der Waals surface area contributed by atoms with Gasteiger partial charge in [0.1, 0.15) is 0 Å². The molecular formula is C31H24N2+2. The quantitative estimate of drug-likeness (QED) is 0.306. The molecule has 0 saturated heterocycles. The van der Waals surface area contributed by atoms with E-state index in [1.54, 1.807) is 0 Å². The zero-order chi connectivity index (χ0) is 22.0. The lowest BCUT2D eigenvalue weighted by Gasteiger charge is -2.30. The van der Waals surface area contributed by atoms with Gasteiger partial charge in [0.15, 0.2) is 12.4 Å². The minimum absolute atomic E-state index is 0.273. The number of fused-ring (bicyclic) bond motifs is 9. The first-order chi connectivity index (χ1) is 16.3. The van der Waals surface area contributed by atoms with Crippen LogP contribution in [0.1, 0.15) is 16.7 Å². The summed E-state index contributed by atoms with van der Waals surface area (Å²) in [6.45, 7) is 3.09. The van der Waals surface area contributed by atoms with Crippen LogP contribution < -0.4 is 9.13 Å². The maximum Gasteiger partial charge on any atom is 0.278 e. The van der Waals surface area contributed by atoms with Crippen molar-refractivity contribution in [2.75, 3.05) is 0 Å². The van der Waals surface area contributed by atoms with E-state index in [0.29, 0.717) is 0 Å². The van der Waals surface area contributed by atoms with Crippen LogP contribution in [0, 0.1) is 6.92 Å². The van der Waals surface area contributed by atoms with E-state index in [4.69, 9.17) is 0 Å². The van der Waals surface area contributed by atoms with Crippen molar-refractivity contribution in [3.8, 4) is 33.6 Å². The van der Waals surface area contributed by atoms with Crippen molar-refractivity contribution in [2.45, 2.75) is 19.0 Å². The van der Waals surface area contributed by atoms with Gasteiger partial charge in [0.2, 0.25) is 17.9 Å². The van der Waals surface area contributed by atoms with E-state index in [1.807, 2.05) is 0 Å². The molecule has 1 unspecified atom stereocenters. The van der Waals surface area contributed by atoms with Gasteiger partial charge in [-0.15, -0.1) is 0 Å². The first kappa shape index (κ1) is 18.5. The molecule has 4 heterocycles. The maximum absolute atomic E-state index is 2.49. The molecule has 0 aliphatic carbocycles. The summed E-state index contributed by atoms with van der Waals surface area (Å²) in [6.07, 6.45) is 4.62. The molecule has 0 radical (unpaired) electrons. The van der Waals surface area contributed by atoms with Crippen molar-refractivity contribution in [2.24, 2.45) is 0 Å². The second kappa shape index (κ2) is 6.73. The molecule has 2 nitrogen and oxygen atoms in total. The van der Waals surface area contributed by atoms with Crippen LogP contribution >= 0.6 is 0 Å². The lowest BCUT2D eigenvalue weighted by Crippen LogP contribution is -2.65. The van der Waals surface area contributed by atoms with E-state index in [9.17, 15) is 0 Å². The molecule has 7 rings (SSSR count). The van der Waals surface area contributed by atoms with Gasteiger partial charge in [-0.1, -0.05) is 66.7 Å². The Balaban J connectivity index is 1.56. The molecular weight excluding hydrogens is 400 g/mol. The molecule has 1 spiro atoms. The van der Waals surface area contributed by atoms with E-state index in [-0.39, 0.29) is 5.54 Å². The predicted octanol–water partition coefficient (Wildman–Crippen LogP) is 5.69. The van der Waals surface area contributed by atoms with Gasteiger partial charge in [-0.2, -0.15) is 9.13 Å². The largest absolute Gasteiger partial charge is 0.278 e. The fourth-order valence-electron chi connectivity index (χ4n) is 6.00. The van der Waals surface area contributed by atoms with E-state index < -0.39 is 0 Å². The number of pyridine rings is 2. The molecule has 1 atom stereocenters. The van der Waals surface area contributed by atoms with Crippen molar-refractivity contribution in [3.63, 3.8) is 0 Å². The molecule has 0 N–H and O–H groups in total. The summed E-state index contributed by atoms with van der Waals surface area (Å²) >= 11 is 0. The Morgan fingerprint density at radius 3 is 2.03 bits per heavy atom. The van der Waals surface area contributed by atoms with Gasteiger partial charge in [-0.05, 0) is 36.2 Å². The summed E-state index contributed by atoms with van der Waals surface area (Å²) in [5.41, 5.74) is 11.5. The van der Waals surface area contributed by atoms with Crippen molar-refractivity contribution in [3.05, 3.63) is 132 Å². The summed E-state index contributed by atoms with van der Waals surface area (Å²) in [5.74, 6) is 0. The molecule has 2 aliphatic heterocycles. The van der Waals surface area contributed by atoms with Crippen LogP contribution in [0.2, 0.25) is 0 Å². The fourth-order valence-corrected chi connectivity index (χ4v) is 6.00. The highest BCUT2D eigenvalue weighted by atomic mass is 15.2. The summed E-state index contributed by atoms with van der Waals surface area (Å²) < 4.78 is 4.97. The standard InChI is InChI=1S/C31H24N2/c1-22-19-30-25-14-6-8-16-28(25)31(21-32(30)20-26(22)23-11-3-2-4-12-23)27-15-7-5-13-24(27)29-17-9-10-18-33(29)31/h2-20H,21H2,1H3/q+2. The van der Waals surface area contributed by atoms with Crippen LogP contribution in [0.4, 0.5) is 0 Å². The molecule has 0 bridgehead atoms. The minimum Gasteiger partial charge on any atom is -0.189 e. The highest BCUT2D eigenvalue weighted by Gasteiger charge is 2.59. The van der Waals surface area contributed by atoms with Crippen molar-refractivity contribution in [1.29, 1.82) is 0 Å². The van der Waals surface area contributed by atoms with Gasteiger partial charge in [-0.25, -0.2) is 0 Å². The summed E-state index contributed by atoms with van der Waals surface area (Å²) in [7, 11) is 0. The van der Waals surface area contributed by atoms with Crippen LogP contribution in [0.3, 0.4) is 0 Å². The second-order valence-corrected chi connectivity index (χ2v) is 9.16. The van der Waals surface area contributed by atoms with Gasteiger partial charge in [-0.3, -0.25) is 0 Å². The Morgan fingerprint density at radius 1 is 0.636 bits per heavy atom. The van der Waals surface area contributed by atoms with Crippen molar-refractivity contribution in [1.82, 2.24) is 0 Å². The number of aryl methyl sites for hydroxylation is 1. The van der Waals surface area contributed by atoms with Gasteiger partial charge in [0.25, 0.3) is 5.54 Å². The van der Waals surface area contributed by atoms with Crippen LogP contribution in [0.25, 0.3) is 33.6 Å².